The van der Waals surface area contributed by atoms with E-state index < -0.39 is 18.9 Å². The van der Waals surface area contributed by atoms with Crippen molar-refractivity contribution in [3.05, 3.63) is 29.8 Å². The van der Waals surface area contributed by atoms with Crippen LogP contribution >= 0.6 is 0 Å². The maximum Gasteiger partial charge on any atom is 0.417 e. The number of halogens is 3. The molecule has 0 aromatic heterocycles. The minimum atomic E-state index is -4.69. The monoisotopic (exact) mass is 236 g/mol. The van der Waals surface area contributed by atoms with E-state index in [0.29, 0.717) is 5.56 Å². The van der Waals surface area contributed by atoms with E-state index in [1.807, 2.05) is 0 Å². The summed E-state index contributed by atoms with van der Waals surface area (Å²) in [7, 11) is 0. The van der Waals surface area contributed by atoms with Gasteiger partial charge in [-0.2, -0.15) is 13.2 Å². The zero-order valence-electron chi connectivity index (χ0n) is 8.24. The van der Waals surface area contributed by atoms with Crippen molar-refractivity contribution in [1.82, 2.24) is 0 Å². The quantitative estimate of drug-likeness (QED) is 0.832. The largest absolute Gasteiger partial charge is 0.491 e. The summed E-state index contributed by atoms with van der Waals surface area (Å²) in [4.78, 5) is 0. The van der Waals surface area contributed by atoms with Crippen LogP contribution < -0.4 is 4.74 Å². The lowest BCUT2D eigenvalue weighted by atomic mass is 10.2. The van der Waals surface area contributed by atoms with Crippen molar-refractivity contribution in [2.75, 3.05) is 6.61 Å². The first-order valence-corrected chi connectivity index (χ1v) is 4.51. The van der Waals surface area contributed by atoms with Gasteiger partial charge in [0.2, 0.25) is 0 Å². The molecule has 1 aromatic carbocycles. The molecule has 0 saturated carbocycles. The number of benzene rings is 1. The van der Waals surface area contributed by atoms with Gasteiger partial charge in [-0.05, 0) is 17.7 Å². The Bertz CT molecular complexity index is 338. The number of aliphatic hydroxyl groups excluding tert-OH is 2. The molecule has 1 rings (SSSR count). The molecule has 1 aromatic rings. The highest BCUT2D eigenvalue weighted by molar-refractivity contribution is 5.27. The summed E-state index contributed by atoms with van der Waals surface area (Å²) in [6.45, 7) is -1.09. The van der Waals surface area contributed by atoms with Crippen molar-refractivity contribution < 1.29 is 28.1 Å². The minimum Gasteiger partial charge on any atom is -0.491 e. The summed E-state index contributed by atoms with van der Waals surface area (Å²) in [6, 6.07) is 6.00. The Kier molecular flexibility index (Phi) is 4.14. The maximum atomic E-state index is 11.9. The molecule has 0 aliphatic carbocycles. The Morgan fingerprint density at radius 3 is 2.56 bits per heavy atom. The first-order valence-electron chi connectivity index (χ1n) is 4.51. The van der Waals surface area contributed by atoms with E-state index in [-0.39, 0.29) is 12.4 Å². The molecule has 0 radical (unpaired) electrons. The van der Waals surface area contributed by atoms with Crippen molar-refractivity contribution in [1.29, 1.82) is 0 Å². The van der Waals surface area contributed by atoms with Crippen LogP contribution in [0.2, 0.25) is 0 Å². The smallest absolute Gasteiger partial charge is 0.417 e. The second kappa shape index (κ2) is 5.18. The van der Waals surface area contributed by atoms with E-state index in [1.165, 1.54) is 12.1 Å². The Hall–Kier alpha value is -1.27. The second-order valence-electron chi connectivity index (χ2n) is 3.17. The molecule has 0 amide bonds. The number of aliphatic hydroxyl groups is 2. The zero-order valence-corrected chi connectivity index (χ0v) is 8.24. The summed E-state index contributed by atoms with van der Waals surface area (Å²) in [5.74, 6) is 0.176. The van der Waals surface area contributed by atoms with Gasteiger partial charge in [0.05, 0.1) is 6.61 Å². The zero-order chi connectivity index (χ0) is 12.2. The molecule has 2 N–H and O–H groups in total. The SMILES string of the molecule is OCc1cccc(OCC(O)C(F)(F)F)c1. The molecule has 1 atom stereocenters. The summed E-state index contributed by atoms with van der Waals surface area (Å²) >= 11 is 0. The van der Waals surface area contributed by atoms with Crippen LogP contribution in [0.3, 0.4) is 0 Å². The fourth-order valence-corrected chi connectivity index (χ4v) is 1.00. The Morgan fingerprint density at radius 1 is 1.31 bits per heavy atom. The number of hydrogen-bond acceptors (Lipinski definition) is 3. The van der Waals surface area contributed by atoms with Gasteiger partial charge in [-0.1, -0.05) is 12.1 Å². The van der Waals surface area contributed by atoms with Crippen molar-refractivity contribution in [2.45, 2.75) is 18.9 Å². The normalized spacial score (nSPS) is 13.6. The Balaban J connectivity index is 2.54. The van der Waals surface area contributed by atoms with Crippen molar-refractivity contribution in [2.24, 2.45) is 0 Å². The summed E-state index contributed by atoms with van der Waals surface area (Å²) in [6.07, 6.45) is -7.19. The van der Waals surface area contributed by atoms with Gasteiger partial charge in [0.1, 0.15) is 12.4 Å². The first kappa shape index (κ1) is 12.8. The van der Waals surface area contributed by atoms with Gasteiger partial charge in [-0.3, -0.25) is 0 Å². The van der Waals surface area contributed by atoms with E-state index in [0.717, 1.165) is 0 Å². The van der Waals surface area contributed by atoms with E-state index in [2.05, 4.69) is 0 Å². The third-order valence-electron chi connectivity index (χ3n) is 1.87. The number of rotatable bonds is 4. The Morgan fingerprint density at radius 2 is 2.00 bits per heavy atom. The van der Waals surface area contributed by atoms with Gasteiger partial charge in [0.15, 0.2) is 6.10 Å². The molecule has 0 fully saturated rings. The summed E-state index contributed by atoms with van der Waals surface area (Å²) < 4.78 is 40.5. The molecule has 0 aliphatic rings. The van der Waals surface area contributed by atoms with Gasteiger partial charge in [-0.15, -0.1) is 0 Å². The van der Waals surface area contributed by atoms with Gasteiger partial charge < -0.3 is 14.9 Å². The molecular formula is C10H11F3O3. The fraction of sp³-hybridized carbons (Fsp3) is 0.400. The molecule has 90 valence electrons. The predicted octanol–water partition coefficient (Wildman–Crippen LogP) is 1.48. The van der Waals surface area contributed by atoms with E-state index in [1.54, 1.807) is 12.1 Å². The lowest BCUT2D eigenvalue weighted by Crippen LogP contribution is -2.34. The molecule has 0 saturated heterocycles. The van der Waals surface area contributed by atoms with Gasteiger partial charge in [0.25, 0.3) is 0 Å². The minimum absolute atomic E-state index is 0.176. The lowest BCUT2D eigenvalue weighted by Gasteiger charge is -2.15. The topological polar surface area (TPSA) is 49.7 Å². The molecule has 0 bridgehead atoms. The highest BCUT2D eigenvalue weighted by atomic mass is 19.4. The molecular weight excluding hydrogens is 225 g/mol. The highest BCUT2D eigenvalue weighted by Crippen LogP contribution is 2.21. The maximum absolute atomic E-state index is 11.9. The molecule has 0 aliphatic heterocycles. The fourth-order valence-electron chi connectivity index (χ4n) is 1.00. The van der Waals surface area contributed by atoms with E-state index >= 15 is 0 Å². The van der Waals surface area contributed by atoms with Crippen LogP contribution in [0.25, 0.3) is 0 Å². The Labute approximate surface area is 90.1 Å². The van der Waals surface area contributed by atoms with Crippen molar-refractivity contribution in [3.63, 3.8) is 0 Å². The highest BCUT2D eigenvalue weighted by Gasteiger charge is 2.38. The molecule has 0 spiro atoms. The summed E-state index contributed by atoms with van der Waals surface area (Å²) in [5, 5.41) is 17.5. The van der Waals surface area contributed by atoms with Crippen LogP contribution in [-0.2, 0) is 6.61 Å². The number of hydrogen-bond donors (Lipinski definition) is 2. The van der Waals surface area contributed by atoms with Crippen LogP contribution in [0, 0.1) is 0 Å². The van der Waals surface area contributed by atoms with Crippen LogP contribution in [0.5, 0.6) is 5.75 Å². The molecule has 3 nitrogen and oxygen atoms in total. The van der Waals surface area contributed by atoms with Gasteiger partial charge >= 0.3 is 6.18 Å². The first-order chi connectivity index (χ1) is 7.43. The molecule has 6 heteroatoms. The predicted molar refractivity (Wildman–Crippen MR) is 49.9 cm³/mol. The average Bonchev–Trinajstić information content (AvgIpc) is 2.25. The third kappa shape index (κ3) is 3.71. The molecule has 0 heterocycles. The average molecular weight is 236 g/mol. The molecule has 1 unspecified atom stereocenters. The standard InChI is InChI=1S/C10H11F3O3/c11-10(12,13)9(15)6-16-8-3-1-2-7(4-8)5-14/h1-4,9,14-15H,5-6H2. The van der Waals surface area contributed by atoms with Crippen LogP contribution in [0.1, 0.15) is 5.56 Å². The second-order valence-corrected chi connectivity index (χ2v) is 3.17. The van der Waals surface area contributed by atoms with Crippen molar-refractivity contribution >= 4 is 0 Å². The van der Waals surface area contributed by atoms with Crippen LogP contribution in [0.15, 0.2) is 24.3 Å². The lowest BCUT2D eigenvalue weighted by molar-refractivity contribution is -0.210. The van der Waals surface area contributed by atoms with Crippen LogP contribution in [0.4, 0.5) is 13.2 Å². The van der Waals surface area contributed by atoms with Gasteiger partial charge in [-0.25, -0.2) is 0 Å². The molecule has 16 heavy (non-hydrogen) atoms. The summed E-state index contributed by atoms with van der Waals surface area (Å²) in [5.41, 5.74) is 0.527. The van der Waals surface area contributed by atoms with Crippen LogP contribution in [-0.4, -0.2) is 29.1 Å². The van der Waals surface area contributed by atoms with Crippen molar-refractivity contribution in [3.8, 4) is 5.75 Å². The van der Waals surface area contributed by atoms with E-state index in [9.17, 15) is 13.2 Å². The third-order valence-corrected chi connectivity index (χ3v) is 1.87. The number of ether oxygens (including phenoxy) is 1. The van der Waals surface area contributed by atoms with E-state index in [4.69, 9.17) is 14.9 Å². The number of alkyl halides is 3. The van der Waals surface area contributed by atoms with Gasteiger partial charge in [0, 0.05) is 0 Å².